The first-order chi connectivity index (χ1) is 16.1. The van der Waals surface area contributed by atoms with Gasteiger partial charge in [-0.3, -0.25) is 9.78 Å². The van der Waals surface area contributed by atoms with Gasteiger partial charge in [-0.25, -0.2) is 0 Å². The van der Waals surface area contributed by atoms with Crippen LogP contribution in [0.2, 0.25) is 0 Å². The predicted octanol–water partition coefficient (Wildman–Crippen LogP) is 3.54. The summed E-state index contributed by atoms with van der Waals surface area (Å²) in [5, 5.41) is 12.6. The third-order valence-corrected chi connectivity index (χ3v) is 6.20. The average molecular weight is 469 g/mol. The molecule has 34 heavy (non-hydrogen) atoms. The Hall–Kier alpha value is -3.17. The largest absolute Gasteiger partial charge is 0.493 e. The molecule has 1 aliphatic rings. The maximum atomic E-state index is 13.6. The van der Waals surface area contributed by atoms with Gasteiger partial charge >= 0.3 is 0 Å². The molecule has 9 nitrogen and oxygen atoms in total. The molecule has 3 aromatic rings. The summed E-state index contributed by atoms with van der Waals surface area (Å²) in [6, 6.07) is 7.64. The van der Waals surface area contributed by atoms with Crippen molar-refractivity contribution in [2.24, 2.45) is 0 Å². The molecule has 0 spiro atoms. The molecular formula is C25H32N4O5. The smallest absolute Gasteiger partial charge is 0.296 e. The Kier molecular flexibility index (Phi) is 6.51. The Bertz CT molecular complexity index is 1190. The number of ether oxygens (including phenoxy) is 2. The van der Waals surface area contributed by atoms with Crippen LogP contribution in [0.4, 0.5) is 6.01 Å². The highest BCUT2D eigenvalue weighted by atomic mass is 16.5. The fourth-order valence-corrected chi connectivity index (χ4v) is 4.13. The summed E-state index contributed by atoms with van der Waals surface area (Å²) < 4.78 is 17.4. The van der Waals surface area contributed by atoms with Crippen LogP contribution >= 0.6 is 0 Å². The van der Waals surface area contributed by atoms with E-state index >= 15 is 0 Å². The van der Waals surface area contributed by atoms with Crippen molar-refractivity contribution >= 4 is 23.0 Å². The van der Waals surface area contributed by atoms with Crippen LogP contribution in [0.5, 0.6) is 5.75 Å². The number of aromatic nitrogens is 2. The third-order valence-electron chi connectivity index (χ3n) is 6.20. The van der Waals surface area contributed by atoms with Gasteiger partial charge in [-0.15, -0.1) is 0 Å². The number of aryl methyl sites for hydroxylation is 1. The molecule has 3 heterocycles. The number of methoxy groups -OCH3 is 1. The molecule has 1 aliphatic heterocycles. The van der Waals surface area contributed by atoms with Gasteiger partial charge in [-0.1, -0.05) is 0 Å². The minimum absolute atomic E-state index is 0.00841. The molecule has 2 aromatic heterocycles. The van der Waals surface area contributed by atoms with E-state index < -0.39 is 11.1 Å². The zero-order chi connectivity index (χ0) is 24.5. The topological polar surface area (TPSA) is 110 Å². The zero-order valence-electron chi connectivity index (χ0n) is 20.3. The SMILES string of the molecule is COc1cc(C(=O)N2CC(C)(CCO)OCC2(C)C)cc2nc(NCc3cc(C)ccn3)oc12. The Morgan fingerprint density at radius 3 is 2.79 bits per heavy atom. The molecule has 1 amide bonds. The number of nitrogens with one attached hydrogen (secondary N) is 1. The Labute approximate surface area is 199 Å². The lowest BCUT2D eigenvalue weighted by Gasteiger charge is -2.49. The van der Waals surface area contributed by atoms with E-state index in [1.54, 1.807) is 23.2 Å². The highest BCUT2D eigenvalue weighted by Crippen LogP contribution is 2.34. The molecule has 182 valence electrons. The summed E-state index contributed by atoms with van der Waals surface area (Å²) in [6.07, 6.45) is 2.21. The molecule has 1 fully saturated rings. The lowest BCUT2D eigenvalue weighted by atomic mass is 9.92. The van der Waals surface area contributed by atoms with Crippen molar-refractivity contribution in [2.75, 3.05) is 32.2 Å². The molecule has 1 saturated heterocycles. The first kappa shape index (κ1) is 24.0. The van der Waals surface area contributed by atoms with Gasteiger partial charge in [0, 0.05) is 24.8 Å². The van der Waals surface area contributed by atoms with Crippen molar-refractivity contribution in [1.82, 2.24) is 14.9 Å². The Morgan fingerprint density at radius 2 is 2.09 bits per heavy atom. The number of fused-ring (bicyclic) bond motifs is 1. The number of aliphatic hydroxyl groups excluding tert-OH is 1. The van der Waals surface area contributed by atoms with E-state index in [1.165, 1.54) is 7.11 Å². The fraction of sp³-hybridized carbons (Fsp3) is 0.480. The van der Waals surface area contributed by atoms with Gasteiger partial charge in [-0.2, -0.15) is 4.98 Å². The number of amides is 1. The number of aliphatic hydroxyl groups is 1. The van der Waals surface area contributed by atoms with Crippen LogP contribution in [0, 0.1) is 6.92 Å². The van der Waals surface area contributed by atoms with E-state index in [0.29, 0.717) is 54.5 Å². The van der Waals surface area contributed by atoms with Gasteiger partial charge in [0.15, 0.2) is 11.3 Å². The second-order valence-corrected chi connectivity index (χ2v) is 9.64. The van der Waals surface area contributed by atoms with Crippen LogP contribution in [-0.2, 0) is 11.3 Å². The number of anilines is 1. The first-order valence-corrected chi connectivity index (χ1v) is 11.3. The van der Waals surface area contributed by atoms with Crippen LogP contribution in [0.3, 0.4) is 0 Å². The lowest BCUT2D eigenvalue weighted by molar-refractivity contribution is -0.144. The van der Waals surface area contributed by atoms with Crippen LogP contribution in [0.1, 0.15) is 48.8 Å². The van der Waals surface area contributed by atoms with E-state index in [-0.39, 0.29) is 12.5 Å². The predicted molar refractivity (Wildman–Crippen MR) is 128 cm³/mol. The second-order valence-electron chi connectivity index (χ2n) is 9.64. The number of oxazole rings is 1. The molecule has 2 N–H and O–H groups in total. The summed E-state index contributed by atoms with van der Waals surface area (Å²) in [4.78, 5) is 24.3. The maximum absolute atomic E-state index is 13.6. The van der Waals surface area contributed by atoms with Gasteiger partial charge < -0.3 is 29.2 Å². The van der Waals surface area contributed by atoms with Crippen molar-refractivity contribution in [3.05, 3.63) is 47.3 Å². The Balaban J connectivity index is 1.61. The number of carbonyl (C=O) groups is 1. The van der Waals surface area contributed by atoms with Gasteiger partial charge in [0.25, 0.3) is 11.9 Å². The molecule has 0 radical (unpaired) electrons. The summed E-state index contributed by atoms with van der Waals surface area (Å²) in [6.45, 7) is 9.05. The number of carbonyl (C=O) groups excluding carboxylic acids is 1. The molecule has 9 heteroatoms. The van der Waals surface area contributed by atoms with Crippen molar-refractivity contribution < 1.29 is 23.8 Å². The van der Waals surface area contributed by atoms with Crippen LogP contribution < -0.4 is 10.1 Å². The zero-order valence-corrected chi connectivity index (χ0v) is 20.3. The lowest BCUT2D eigenvalue weighted by Crippen LogP contribution is -2.62. The van der Waals surface area contributed by atoms with E-state index in [0.717, 1.165) is 11.3 Å². The van der Waals surface area contributed by atoms with Gasteiger partial charge in [0.05, 0.1) is 43.6 Å². The first-order valence-electron chi connectivity index (χ1n) is 11.3. The van der Waals surface area contributed by atoms with Crippen LogP contribution in [-0.4, -0.2) is 63.9 Å². The summed E-state index contributed by atoms with van der Waals surface area (Å²) in [7, 11) is 1.53. The second kappa shape index (κ2) is 9.23. The number of nitrogens with zero attached hydrogens (tertiary/aromatic N) is 3. The van der Waals surface area contributed by atoms with Crippen LogP contribution in [0.15, 0.2) is 34.9 Å². The van der Waals surface area contributed by atoms with Crippen molar-refractivity contribution in [3.63, 3.8) is 0 Å². The summed E-state index contributed by atoms with van der Waals surface area (Å²) in [5.41, 5.74) is 2.30. The van der Waals surface area contributed by atoms with E-state index in [9.17, 15) is 9.90 Å². The van der Waals surface area contributed by atoms with Crippen molar-refractivity contribution in [3.8, 4) is 5.75 Å². The summed E-state index contributed by atoms with van der Waals surface area (Å²) >= 11 is 0. The van der Waals surface area contributed by atoms with Crippen molar-refractivity contribution in [1.29, 1.82) is 0 Å². The number of hydrogen-bond acceptors (Lipinski definition) is 8. The van der Waals surface area contributed by atoms with Gasteiger partial charge in [-0.05, 0) is 57.5 Å². The molecule has 1 aromatic carbocycles. The van der Waals surface area contributed by atoms with Crippen LogP contribution in [0.25, 0.3) is 11.1 Å². The number of benzene rings is 1. The molecule has 1 unspecified atom stereocenters. The molecular weight excluding hydrogens is 436 g/mol. The molecule has 0 bridgehead atoms. The molecule has 1 atom stereocenters. The minimum Gasteiger partial charge on any atom is -0.493 e. The van der Waals surface area contributed by atoms with E-state index in [1.807, 2.05) is 39.8 Å². The summed E-state index contributed by atoms with van der Waals surface area (Å²) in [5.74, 6) is 0.276. The monoisotopic (exact) mass is 468 g/mol. The number of hydrogen-bond donors (Lipinski definition) is 2. The normalized spacial score (nSPS) is 19.9. The standard InChI is InChI=1S/C25H32N4O5/c1-16-6-8-26-18(10-16)13-27-23-28-19-11-17(12-20(32-5)21(19)34-23)22(31)29-14-25(4,7-9-30)33-15-24(29,2)3/h6,8,10-12,30H,7,9,13-15H2,1-5H3,(H,27,28). The highest BCUT2D eigenvalue weighted by molar-refractivity contribution is 5.99. The van der Waals surface area contributed by atoms with E-state index in [2.05, 4.69) is 15.3 Å². The highest BCUT2D eigenvalue weighted by Gasteiger charge is 2.43. The quantitative estimate of drug-likeness (QED) is 0.542. The van der Waals surface area contributed by atoms with Gasteiger partial charge in [0.1, 0.15) is 5.52 Å². The van der Waals surface area contributed by atoms with Crippen molar-refractivity contribution in [2.45, 2.75) is 51.8 Å². The average Bonchev–Trinajstić information content (AvgIpc) is 3.22. The number of pyridine rings is 1. The van der Waals surface area contributed by atoms with E-state index in [4.69, 9.17) is 13.9 Å². The van der Waals surface area contributed by atoms with Gasteiger partial charge in [0.2, 0.25) is 0 Å². The number of morpholine rings is 1. The minimum atomic E-state index is -0.608. The molecule has 0 aliphatic carbocycles. The fourth-order valence-electron chi connectivity index (χ4n) is 4.13. The molecule has 0 saturated carbocycles. The molecule has 4 rings (SSSR count). The maximum Gasteiger partial charge on any atom is 0.296 e. The Morgan fingerprint density at radius 1 is 1.29 bits per heavy atom. The number of rotatable bonds is 7. The third kappa shape index (κ3) is 4.85.